The normalized spacial score (nSPS) is 13.6. The number of pyridine rings is 1. The Morgan fingerprint density at radius 3 is 2.58 bits per heavy atom. The molecule has 1 N–H and O–H groups in total. The number of aromatic nitrogens is 1. The summed E-state index contributed by atoms with van der Waals surface area (Å²) in [5.74, 6) is 0.842. The average Bonchev–Trinajstić information content (AvgIpc) is 2.37. The largest absolute Gasteiger partial charge is 0.492 e. The van der Waals surface area contributed by atoms with Crippen LogP contribution in [0.1, 0.15) is 38.8 Å². The Morgan fingerprint density at radius 2 is 2.05 bits per heavy atom. The molecule has 0 amide bonds. The summed E-state index contributed by atoms with van der Waals surface area (Å²) in [7, 11) is 6.17. The van der Waals surface area contributed by atoms with Crippen LogP contribution in [-0.4, -0.2) is 43.2 Å². The lowest BCUT2D eigenvalue weighted by molar-refractivity contribution is 0.142. The summed E-state index contributed by atoms with van der Waals surface area (Å²) in [5, 5.41) is 3.39. The second kappa shape index (κ2) is 6.87. The quantitative estimate of drug-likeness (QED) is 0.822. The van der Waals surface area contributed by atoms with Crippen molar-refractivity contribution in [3.63, 3.8) is 0 Å². The summed E-state index contributed by atoms with van der Waals surface area (Å²) >= 11 is 0. The van der Waals surface area contributed by atoms with E-state index in [1.165, 1.54) is 0 Å². The van der Waals surface area contributed by atoms with Gasteiger partial charge in [-0.05, 0) is 53.0 Å². The summed E-state index contributed by atoms with van der Waals surface area (Å²) in [6, 6.07) is 2.27. The number of likely N-dealkylation sites (N-methyl/N-ethyl adjacent to an activating group) is 2. The predicted octanol–water partition coefficient (Wildman–Crippen LogP) is 2.47. The van der Waals surface area contributed by atoms with E-state index in [0.29, 0.717) is 0 Å². The van der Waals surface area contributed by atoms with Crippen molar-refractivity contribution in [3.8, 4) is 5.75 Å². The summed E-state index contributed by atoms with van der Waals surface area (Å²) < 4.78 is 5.66. The van der Waals surface area contributed by atoms with E-state index in [2.05, 4.69) is 56.1 Å². The highest BCUT2D eigenvalue weighted by molar-refractivity contribution is 5.28. The molecule has 1 aromatic rings. The van der Waals surface area contributed by atoms with Crippen LogP contribution in [0, 0.1) is 0 Å². The average molecular weight is 265 g/mol. The Bertz CT molecular complexity index is 391. The highest BCUT2D eigenvalue weighted by Crippen LogP contribution is 2.30. The fourth-order valence-corrected chi connectivity index (χ4v) is 2.08. The predicted molar refractivity (Wildman–Crippen MR) is 79.6 cm³/mol. The van der Waals surface area contributed by atoms with Crippen LogP contribution in [0.25, 0.3) is 0 Å². The van der Waals surface area contributed by atoms with Crippen molar-refractivity contribution in [2.24, 2.45) is 0 Å². The molecule has 1 rings (SSSR count). The number of hydrogen-bond donors (Lipinski definition) is 1. The fourth-order valence-electron chi connectivity index (χ4n) is 2.08. The molecule has 1 atom stereocenters. The van der Waals surface area contributed by atoms with Crippen molar-refractivity contribution in [2.75, 3.05) is 27.7 Å². The number of nitrogens with zero attached hydrogens (tertiary/aromatic N) is 2. The van der Waals surface area contributed by atoms with Gasteiger partial charge in [0.2, 0.25) is 0 Å². The minimum absolute atomic E-state index is 0.0141. The molecule has 0 radical (unpaired) electrons. The molecule has 4 nitrogen and oxygen atoms in total. The monoisotopic (exact) mass is 265 g/mol. The first-order valence-corrected chi connectivity index (χ1v) is 6.86. The Labute approximate surface area is 117 Å². The number of ether oxygens (including phenoxy) is 1. The first kappa shape index (κ1) is 15.9. The van der Waals surface area contributed by atoms with E-state index in [4.69, 9.17) is 4.74 Å². The molecule has 0 aliphatic heterocycles. The molecule has 0 aliphatic carbocycles. The van der Waals surface area contributed by atoms with E-state index in [-0.39, 0.29) is 11.6 Å². The van der Waals surface area contributed by atoms with Gasteiger partial charge in [-0.25, -0.2) is 0 Å². The minimum atomic E-state index is -0.0141. The van der Waals surface area contributed by atoms with Crippen molar-refractivity contribution in [3.05, 3.63) is 24.0 Å². The standard InChI is InChI=1S/C15H27N3O/c1-7-8-19-13-9-12(10-17-11-13)14(16-4)15(2,3)18(5)6/h9-11,14,16H,7-8H2,1-6H3. The molecular formula is C15H27N3O. The molecule has 1 aromatic heterocycles. The van der Waals surface area contributed by atoms with Crippen LogP contribution in [0.3, 0.4) is 0 Å². The van der Waals surface area contributed by atoms with Gasteiger partial charge in [0, 0.05) is 11.7 Å². The second-order valence-corrected chi connectivity index (χ2v) is 5.57. The topological polar surface area (TPSA) is 37.4 Å². The highest BCUT2D eigenvalue weighted by Gasteiger charge is 2.32. The zero-order chi connectivity index (χ0) is 14.5. The van der Waals surface area contributed by atoms with Crippen LogP contribution >= 0.6 is 0 Å². The molecule has 0 aliphatic rings. The third kappa shape index (κ3) is 3.91. The molecule has 0 bridgehead atoms. The van der Waals surface area contributed by atoms with Gasteiger partial charge in [0.15, 0.2) is 0 Å². The van der Waals surface area contributed by atoms with Crippen molar-refractivity contribution in [2.45, 2.75) is 38.8 Å². The molecule has 0 spiro atoms. The molecular weight excluding hydrogens is 238 g/mol. The van der Waals surface area contributed by atoms with Gasteiger partial charge in [-0.2, -0.15) is 0 Å². The Kier molecular flexibility index (Phi) is 5.76. The number of nitrogens with one attached hydrogen (secondary N) is 1. The first-order chi connectivity index (χ1) is 8.93. The Hall–Kier alpha value is -1.13. The molecule has 108 valence electrons. The SMILES string of the molecule is CCCOc1cncc(C(NC)C(C)(C)N(C)C)c1. The van der Waals surface area contributed by atoms with Gasteiger partial charge >= 0.3 is 0 Å². The van der Waals surface area contributed by atoms with Gasteiger partial charge in [0.25, 0.3) is 0 Å². The molecule has 0 aromatic carbocycles. The van der Waals surface area contributed by atoms with Gasteiger partial charge in [-0.15, -0.1) is 0 Å². The molecule has 0 saturated heterocycles. The van der Waals surface area contributed by atoms with Crippen molar-refractivity contribution in [1.82, 2.24) is 15.2 Å². The van der Waals surface area contributed by atoms with Crippen LogP contribution in [0.4, 0.5) is 0 Å². The number of hydrogen-bond acceptors (Lipinski definition) is 4. The van der Waals surface area contributed by atoms with E-state index < -0.39 is 0 Å². The van der Waals surface area contributed by atoms with Gasteiger partial charge in [0.05, 0.1) is 18.8 Å². The minimum Gasteiger partial charge on any atom is -0.492 e. The molecule has 1 unspecified atom stereocenters. The van der Waals surface area contributed by atoms with Crippen molar-refractivity contribution in [1.29, 1.82) is 0 Å². The van der Waals surface area contributed by atoms with Crippen LogP contribution in [0.15, 0.2) is 18.5 Å². The van der Waals surface area contributed by atoms with E-state index in [1.54, 1.807) is 6.20 Å². The van der Waals surface area contributed by atoms with Gasteiger partial charge in [0.1, 0.15) is 5.75 Å². The summed E-state index contributed by atoms with van der Waals surface area (Å²) in [5.41, 5.74) is 1.13. The van der Waals surface area contributed by atoms with Crippen LogP contribution in [0.5, 0.6) is 5.75 Å². The van der Waals surface area contributed by atoms with Crippen molar-refractivity contribution >= 4 is 0 Å². The molecule has 4 heteroatoms. The van der Waals surface area contributed by atoms with E-state index >= 15 is 0 Å². The smallest absolute Gasteiger partial charge is 0.137 e. The van der Waals surface area contributed by atoms with Crippen LogP contribution < -0.4 is 10.1 Å². The maximum absolute atomic E-state index is 5.66. The van der Waals surface area contributed by atoms with E-state index in [9.17, 15) is 0 Å². The maximum atomic E-state index is 5.66. The lowest BCUT2D eigenvalue weighted by Crippen LogP contribution is -2.48. The molecule has 1 heterocycles. The highest BCUT2D eigenvalue weighted by atomic mass is 16.5. The molecule has 0 fully saturated rings. The van der Waals surface area contributed by atoms with Crippen LogP contribution in [0.2, 0.25) is 0 Å². The fraction of sp³-hybridized carbons (Fsp3) is 0.667. The summed E-state index contributed by atoms with van der Waals surface area (Å²) in [6.07, 6.45) is 4.68. The molecule has 0 saturated carbocycles. The van der Waals surface area contributed by atoms with Crippen LogP contribution in [-0.2, 0) is 0 Å². The number of rotatable bonds is 7. The third-order valence-electron chi connectivity index (χ3n) is 3.69. The summed E-state index contributed by atoms with van der Waals surface area (Å²) in [6.45, 7) is 7.26. The lowest BCUT2D eigenvalue weighted by atomic mass is 9.88. The van der Waals surface area contributed by atoms with Crippen molar-refractivity contribution < 1.29 is 4.74 Å². The van der Waals surface area contributed by atoms with Gasteiger partial charge in [-0.1, -0.05) is 6.92 Å². The summed E-state index contributed by atoms with van der Waals surface area (Å²) in [4.78, 5) is 6.51. The zero-order valence-corrected chi connectivity index (χ0v) is 13.0. The van der Waals surface area contributed by atoms with E-state index in [1.807, 2.05) is 13.2 Å². The third-order valence-corrected chi connectivity index (χ3v) is 3.69. The van der Waals surface area contributed by atoms with E-state index in [0.717, 1.165) is 24.3 Å². The zero-order valence-electron chi connectivity index (χ0n) is 13.0. The Morgan fingerprint density at radius 1 is 1.37 bits per heavy atom. The maximum Gasteiger partial charge on any atom is 0.137 e. The Balaban J connectivity index is 2.98. The second-order valence-electron chi connectivity index (χ2n) is 5.57. The lowest BCUT2D eigenvalue weighted by Gasteiger charge is -2.40. The molecule has 19 heavy (non-hydrogen) atoms. The first-order valence-electron chi connectivity index (χ1n) is 6.86. The van der Waals surface area contributed by atoms with Gasteiger partial charge in [-0.3, -0.25) is 4.98 Å². The van der Waals surface area contributed by atoms with Gasteiger partial charge < -0.3 is 15.0 Å².